The Morgan fingerprint density at radius 1 is 1.29 bits per heavy atom. The molecule has 1 aliphatic carbocycles. The number of amides is 1. The number of alkyl carbamates (subject to hydrolysis) is 1. The molecule has 0 aromatic carbocycles. The van der Waals surface area contributed by atoms with Gasteiger partial charge in [-0.05, 0) is 65.5 Å². The summed E-state index contributed by atoms with van der Waals surface area (Å²) >= 11 is 0. The van der Waals surface area contributed by atoms with Crippen LogP contribution in [-0.4, -0.2) is 47.9 Å². The summed E-state index contributed by atoms with van der Waals surface area (Å²) < 4.78 is 10.5. The van der Waals surface area contributed by atoms with Gasteiger partial charge in [0.15, 0.2) is 5.96 Å². The fourth-order valence-electron chi connectivity index (χ4n) is 3.12. The predicted molar refractivity (Wildman–Crippen MR) is 108 cm³/mol. The number of nitrogens with zero attached hydrogens (tertiary/aromatic N) is 1. The van der Waals surface area contributed by atoms with E-state index in [4.69, 9.17) is 9.15 Å². The molecule has 1 aromatic heterocycles. The number of hydrogen-bond acceptors (Lipinski definition) is 5. The van der Waals surface area contributed by atoms with Crippen LogP contribution in [0.4, 0.5) is 4.79 Å². The van der Waals surface area contributed by atoms with Crippen molar-refractivity contribution in [3.63, 3.8) is 0 Å². The van der Waals surface area contributed by atoms with Crippen LogP contribution in [-0.2, 0) is 4.74 Å². The van der Waals surface area contributed by atoms with E-state index in [9.17, 15) is 9.90 Å². The molecule has 4 N–H and O–H groups in total. The number of aliphatic hydroxyl groups is 1. The van der Waals surface area contributed by atoms with Crippen LogP contribution in [0.15, 0.2) is 27.8 Å². The normalized spacial score (nSPS) is 21.7. The topological polar surface area (TPSA) is 108 Å². The third-order valence-corrected chi connectivity index (χ3v) is 4.43. The molecule has 1 saturated carbocycles. The van der Waals surface area contributed by atoms with Crippen molar-refractivity contribution in [1.29, 1.82) is 0 Å². The lowest BCUT2D eigenvalue weighted by atomic mass is 9.91. The average Bonchev–Trinajstić information content (AvgIpc) is 3.14. The zero-order chi connectivity index (χ0) is 20.6. The van der Waals surface area contributed by atoms with Crippen molar-refractivity contribution in [2.75, 3.05) is 13.1 Å². The van der Waals surface area contributed by atoms with Gasteiger partial charge in [0, 0.05) is 18.6 Å². The number of furan rings is 1. The van der Waals surface area contributed by atoms with E-state index in [0.29, 0.717) is 11.7 Å². The Bertz CT molecular complexity index is 617. The van der Waals surface area contributed by atoms with Crippen molar-refractivity contribution in [3.8, 4) is 0 Å². The maximum Gasteiger partial charge on any atom is 0.407 e. The van der Waals surface area contributed by atoms with Crippen LogP contribution in [0.25, 0.3) is 0 Å². The number of nitrogens with one attached hydrogen (secondary N) is 3. The summed E-state index contributed by atoms with van der Waals surface area (Å²) in [5.74, 6) is 1.19. The summed E-state index contributed by atoms with van der Waals surface area (Å²) in [5.41, 5.74) is -0.486. The second-order valence-electron chi connectivity index (χ2n) is 8.09. The molecule has 0 saturated heterocycles. The standard InChI is InChI=1S/C20H34N4O4/c1-5-21-18(22-13-16(25)17-7-6-12-27-17)23-14-8-10-15(11-9-14)24-19(26)28-20(2,3)4/h6-7,12,14-16,25H,5,8-11,13H2,1-4H3,(H,24,26)(H2,21,22,23). The van der Waals surface area contributed by atoms with Gasteiger partial charge < -0.3 is 30.2 Å². The number of rotatable bonds is 6. The number of carbonyl (C=O) groups is 1. The van der Waals surface area contributed by atoms with Crippen molar-refractivity contribution in [1.82, 2.24) is 16.0 Å². The third-order valence-electron chi connectivity index (χ3n) is 4.43. The zero-order valence-electron chi connectivity index (χ0n) is 17.3. The van der Waals surface area contributed by atoms with Crippen LogP contribution in [0.3, 0.4) is 0 Å². The molecule has 8 nitrogen and oxygen atoms in total. The van der Waals surface area contributed by atoms with E-state index in [1.807, 2.05) is 27.7 Å². The minimum Gasteiger partial charge on any atom is -0.467 e. The molecule has 8 heteroatoms. The fourth-order valence-corrected chi connectivity index (χ4v) is 3.12. The van der Waals surface area contributed by atoms with E-state index in [1.54, 1.807) is 12.1 Å². The number of ether oxygens (including phenoxy) is 1. The largest absolute Gasteiger partial charge is 0.467 e. The summed E-state index contributed by atoms with van der Waals surface area (Å²) in [6.07, 6.45) is 4.02. The molecule has 158 valence electrons. The Morgan fingerprint density at radius 3 is 2.46 bits per heavy atom. The molecule has 0 aliphatic heterocycles. The molecular weight excluding hydrogens is 360 g/mol. The van der Waals surface area contributed by atoms with Gasteiger partial charge in [-0.3, -0.25) is 4.99 Å². The first kappa shape index (κ1) is 22.1. The molecule has 1 atom stereocenters. The highest BCUT2D eigenvalue weighted by atomic mass is 16.6. The van der Waals surface area contributed by atoms with Gasteiger partial charge >= 0.3 is 6.09 Å². The summed E-state index contributed by atoms with van der Waals surface area (Å²) in [4.78, 5) is 16.4. The molecule has 1 unspecified atom stereocenters. The van der Waals surface area contributed by atoms with Gasteiger partial charge in [-0.25, -0.2) is 4.79 Å². The van der Waals surface area contributed by atoms with Gasteiger partial charge in [-0.15, -0.1) is 0 Å². The summed E-state index contributed by atoms with van der Waals surface area (Å²) in [5, 5.41) is 19.7. The lowest BCUT2D eigenvalue weighted by Gasteiger charge is -2.31. The van der Waals surface area contributed by atoms with Gasteiger partial charge in [-0.1, -0.05) is 0 Å². The van der Waals surface area contributed by atoms with Crippen molar-refractivity contribution in [2.24, 2.45) is 4.99 Å². The van der Waals surface area contributed by atoms with E-state index in [-0.39, 0.29) is 24.7 Å². The van der Waals surface area contributed by atoms with E-state index in [2.05, 4.69) is 20.9 Å². The number of carbonyl (C=O) groups excluding carboxylic acids is 1. The Kier molecular flexibility index (Phi) is 8.17. The maximum absolute atomic E-state index is 11.9. The lowest BCUT2D eigenvalue weighted by molar-refractivity contribution is 0.0490. The second-order valence-corrected chi connectivity index (χ2v) is 8.09. The van der Waals surface area contributed by atoms with Crippen LogP contribution in [0, 0.1) is 0 Å². The number of hydrogen-bond donors (Lipinski definition) is 4. The Labute approximate surface area is 167 Å². The Hall–Kier alpha value is -2.22. The van der Waals surface area contributed by atoms with Gasteiger partial charge in [0.2, 0.25) is 0 Å². The first-order chi connectivity index (χ1) is 13.3. The first-order valence-corrected chi connectivity index (χ1v) is 10.0. The molecule has 1 aromatic rings. The van der Waals surface area contributed by atoms with E-state index in [0.717, 1.165) is 32.2 Å². The van der Waals surface area contributed by atoms with Gasteiger partial charge in [-0.2, -0.15) is 0 Å². The van der Waals surface area contributed by atoms with Crippen LogP contribution in [0.1, 0.15) is 65.2 Å². The molecule has 1 heterocycles. The molecular formula is C20H34N4O4. The quantitative estimate of drug-likeness (QED) is 0.436. The van der Waals surface area contributed by atoms with Crippen LogP contribution in [0.2, 0.25) is 0 Å². The Balaban J connectivity index is 1.78. The van der Waals surface area contributed by atoms with E-state index < -0.39 is 11.7 Å². The summed E-state index contributed by atoms with van der Waals surface area (Å²) in [7, 11) is 0. The van der Waals surface area contributed by atoms with Crippen molar-refractivity contribution < 1.29 is 19.1 Å². The average molecular weight is 395 g/mol. The zero-order valence-corrected chi connectivity index (χ0v) is 17.3. The highest BCUT2D eigenvalue weighted by Gasteiger charge is 2.25. The summed E-state index contributed by atoms with van der Waals surface area (Å²) in [6, 6.07) is 3.89. The van der Waals surface area contributed by atoms with Crippen LogP contribution < -0.4 is 16.0 Å². The fraction of sp³-hybridized carbons (Fsp3) is 0.700. The maximum atomic E-state index is 11.9. The molecule has 2 rings (SSSR count). The molecule has 0 radical (unpaired) electrons. The van der Waals surface area contributed by atoms with E-state index in [1.165, 1.54) is 6.26 Å². The van der Waals surface area contributed by atoms with Crippen LogP contribution in [0.5, 0.6) is 0 Å². The molecule has 0 bridgehead atoms. The third kappa shape index (κ3) is 7.80. The SMILES string of the molecule is CCNC(=NCC(O)c1ccco1)NC1CCC(NC(=O)OC(C)(C)C)CC1. The molecule has 0 spiro atoms. The molecule has 1 fully saturated rings. The minimum absolute atomic E-state index is 0.133. The monoisotopic (exact) mass is 394 g/mol. The summed E-state index contributed by atoms with van der Waals surface area (Å²) in [6.45, 7) is 8.53. The minimum atomic E-state index is -0.765. The van der Waals surface area contributed by atoms with Gasteiger partial charge in [0.25, 0.3) is 0 Å². The first-order valence-electron chi connectivity index (χ1n) is 10.0. The van der Waals surface area contributed by atoms with Crippen molar-refractivity contribution >= 4 is 12.1 Å². The number of aliphatic imine (C=N–C) groups is 1. The van der Waals surface area contributed by atoms with E-state index >= 15 is 0 Å². The van der Waals surface area contributed by atoms with Crippen LogP contribution >= 0.6 is 0 Å². The van der Waals surface area contributed by atoms with Crippen molar-refractivity contribution in [3.05, 3.63) is 24.2 Å². The highest BCUT2D eigenvalue weighted by Crippen LogP contribution is 2.19. The number of guanidine groups is 1. The molecule has 1 aliphatic rings. The molecule has 28 heavy (non-hydrogen) atoms. The smallest absolute Gasteiger partial charge is 0.407 e. The highest BCUT2D eigenvalue weighted by molar-refractivity contribution is 5.80. The second kappa shape index (κ2) is 10.4. The van der Waals surface area contributed by atoms with Crippen molar-refractivity contribution in [2.45, 2.75) is 77.2 Å². The van der Waals surface area contributed by atoms with Gasteiger partial charge in [0.05, 0.1) is 12.8 Å². The Morgan fingerprint density at radius 2 is 1.93 bits per heavy atom. The lowest BCUT2D eigenvalue weighted by Crippen LogP contribution is -2.48. The number of aliphatic hydroxyl groups excluding tert-OH is 1. The van der Waals surface area contributed by atoms with Gasteiger partial charge in [0.1, 0.15) is 17.5 Å². The molecule has 1 amide bonds. The predicted octanol–water partition coefficient (Wildman–Crippen LogP) is 2.70.